The fourth-order valence-corrected chi connectivity index (χ4v) is 2.83. The van der Waals surface area contributed by atoms with Gasteiger partial charge in [0.2, 0.25) is 5.82 Å². The van der Waals surface area contributed by atoms with Gasteiger partial charge in [-0.3, -0.25) is 14.0 Å². The zero-order valence-corrected chi connectivity index (χ0v) is 15.8. The van der Waals surface area contributed by atoms with Gasteiger partial charge in [0.05, 0.1) is 11.6 Å². The molecule has 1 aromatic carbocycles. The summed E-state index contributed by atoms with van der Waals surface area (Å²) in [4.78, 5) is 29.7. The number of hydrogen-bond acceptors (Lipinski definition) is 3. The lowest BCUT2D eigenvalue weighted by Crippen LogP contribution is -2.29. The molecule has 27 heavy (non-hydrogen) atoms. The van der Waals surface area contributed by atoms with E-state index >= 15 is 0 Å². The van der Waals surface area contributed by atoms with Crippen molar-refractivity contribution in [2.75, 3.05) is 6.54 Å². The second kappa shape index (κ2) is 8.03. The number of fused-ring (bicyclic) bond motifs is 1. The number of amides is 2. The van der Waals surface area contributed by atoms with Gasteiger partial charge in [-0.1, -0.05) is 50.2 Å². The topological polar surface area (TPSA) is 75.5 Å². The highest BCUT2D eigenvalue weighted by Gasteiger charge is 2.22. The molecule has 1 unspecified atom stereocenters. The number of hydrogen-bond donors (Lipinski definition) is 2. The van der Waals surface area contributed by atoms with Crippen LogP contribution >= 0.6 is 0 Å². The number of nitrogens with zero attached hydrogens (tertiary/aromatic N) is 2. The number of carbonyl (C=O) groups is 2. The third kappa shape index (κ3) is 4.16. The smallest absolute Gasteiger partial charge is 0.288 e. The monoisotopic (exact) mass is 364 g/mol. The predicted octanol–water partition coefficient (Wildman–Crippen LogP) is 3.21. The Kier molecular flexibility index (Phi) is 5.54. The van der Waals surface area contributed by atoms with Crippen LogP contribution in [0.15, 0.2) is 54.7 Å². The quantitative estimate of drug-likeness (QED) is 0.705. The minimum atomic E-state index is -0.324. The van der Waals surface area contributed by atoms with Crippen molar-refractivity contribution in [3.8, 4) is 0 Å². The van der Waals surface area contributed by atoms with E-state index in [0.717, 1.165) is 5.56 Å². The van der Waals surface area contributed by atoms with Gasteiger partial charge in [-0.25, -0.2) is 4.98 Å². The molecule has 1 atom stereocenters. The van der Waals surface area contributed by atoms with Gasteiger partial charge in [-0.2, -0.15) is 0 Å². The lowest BCUT2D eigenvalue weighted by Gasteiger charge is -2.13. The number of aromatic nitrogens is 2. The number of carbonyl (C=O) groups excluding carboxylic acids is 2. The molecule has 0 aliphatic rings. The highest BCUT2D eigenvalue weighted by atomic mass is 16.2. The minimum Gasteiger partial charge on any atom is -0.350 e. The average Bonchev–Trinajstić information content (AvgIpc) is 3.06. The first-order chi connectivity index (χ1) is 13.0. The maximum absolute atomic E-state index is 12.8. The Morgan fingerprint density at radius 2 is 1.70 bits per heavy atom. The van der Waals surface area contributed by atoms with Gasteiger partial charge in [0.15, 0.2) is 5.69 Å². The van der Waals surface area contributed by atoms with Crippen molar-refractivity contribution in [1.82, 2.24) is 20.0 Å². The molecule has 2 aromatic heterocycles. The van der Waals surface area contributed by atoms with Crippen LogP contribution in [0.5, 0.6) is 0 Å². The minimum absolute atomic E-state index is 0.173. The average molecular weight is 364 g/mol. The molecule has 6 nitrogen and oxygen atoms in total. The van der Waals surface area contributed by atoms with Gasteiger partial charge in [0.1, 0.15) is 0 Å². The molecule has 0 saturated heterocycles. The molecule has 3 rings (SSSR count). The normalized spacial score (nSPS) is 12.1. The molecule has 2 amide bonds. The zero-order chi connectivity index (χ0) is 19.4. The molecule has 2 heterocycles. The van der Waals surface area contributed by atoms with Gasteiger partial charge in [-0.15, -0.1) is 0 Å². The Bertz CT molecular complexity index is 947. The number of benzene rings is 1. The second-order valence-electron chi connectivity index (χ2n) is 6.95. The first-order valence-electron chi connectivity index (χ1n) is 9.08. The summed E-state index contributed by atoms with van der Waals surface area (Å²) in [6.07, 6.45) is 1.74. The predicted molar refractivity (Wildman–Crippen MR) is 105 cm³/mol. The van der Waals surface area contributed by atoms with Crippen LogP contribution in [-0.4, -0.2) is 27.7 Å². The highest BCUT2D eigenvalue weighted by molar-refractivity contribution is 6.02. The summed E-state index contributed by atoms with van der Waals surface area (Å²) in [5, 5.41) is 5.82. The van der Waals surface area contributed by atoms with E-state index in [-0.39, 0.29) is 29.4 Å². The van der Waals surface area contributed by atoms with Gasteiger partial charge in [0, 0.05) is 12.7 Å². The van der Waals surface area contributed by atoms with Gasteiger partial charge < -0.3 is 10.6 Å². The molecule has 0 spiro atoms. The highest BCUT2D eigenvalue weighted by Crippen LogP contribution is 2.16. The maximum Gasteiger partial charge on any atom is 0.288 e. The summed E-state index contributed by atoms with van der Waals surface area (Å²) in [7, 11) is 0. The summed E-state index contributed by atoms with van der Waals surface area (Å²) in [5.41, 5.74) is 1.87. The SMILES string of the molecule is CC(C)CNC(=O)c1nc(C(=O)NC(C)c2ccccc2)n2ccccc12. The van der Waals surface area contributed by atoms with E-state index in [4.69, 9.17) is 0 Å². The second-order valence-corrected chi connectivity index (χ2v) is 6.95. The van der Waals surface area contributed by atoms with E-state index in [2.05, 4.69) is 15.6 Å². The molecule has 140 valence electrons. The number of imidazole rings is 1. The standard InChI is InChI=1S/C21H24N4O2/c1-14(2)13-22-20(26)18-17-11-7-8-12-25(17)19(24-18)21(27)23-15(3)16-9-5-4-6-10-16/h4-12,14-15H,13H2,1-3H3,(H,22,26)(H,23,27). The molecule has 0 saturated carbocycles. The largest absolute Gasteiger partial charge is 0.350 e. The molecule has 0 bridgehead atoms. The van der Waals surface area contributed by atoms with Crippen LogP contribution in [-0.2, 0) is 0 Å². The third-order valence-corrected chi connectivity index (χ3v) is 4.28. The molecule has 0 radical (unpaired) electrons. The molecule has 6 heteroatoms. The van der Waals surface area contributed by atoms with E-state index in [9.17, 15) is 9.59 Å². The van der Waals surface area contributed by atoms with Crippen LogP contribution in [0.25, 0.3) is 5.52 Å². The summed E-state index contributed by atoms with van der Waals surface area (Å²) >= 11 is 0. The first kappa shape index (κ1) is 18.6. The zero-order valence-electron chi connectivity index (χ0n) is 15.8. The Labute approximate surface area is 158 Å². The molecular weight excluding hydrogens is 340 g/mol. The molecule has 2 N–H and O–H groups in total. The van der Waals surface area contributed by atoms with Crippen molar-refractivity contribution < 1.29 is 9.59 Å². The Balaban J connectivity index is 1.88. The van der Waals surface area contributed by atoms with Crippen LogP contribution < -0.4 is 10.6 Å². The van der Waals surface area contributed by atoms with Crippen molar-refractivity contribution in [3.05, 3.63) is 71.8 Å². The third-order valence-electron chi connectivity index (χ3n) is 4.28. The van der Waals surface area contributed by atoms with Gasteiger partial charge in [0.25, 0.3) is 11.8 Å². The maximum atomic E-state index is 12.8. The molecular formula is C21H24N4O2. The van der Waals surface area contributed by atoms with E-state index < -0.39 is 0 Å². The van der Waals surface area contributed by atoms with E-state index in [0.29, 0.717) is 18.0 Å². The Hall–Kier alpha value is -3.15. The Morgan fingerprint density at radius 1 is 1.00 bits per heavy atom. The van der Waals surface area contributed by atoms with Crippen LogP contribution in [0.3, 0.4) is 0 Å². The van der Waals surface area contributed by atoms with Crippen LogP contribution in [0.1, 0.15) is 53.5 Å². The number of nitrogens with one attached hydrogen (secondary N) is 2. The van der Waals surface area contributed by atoms with E-state index in [1.54, 1.807) is 16.7 Å². The summed E-state index contributed by atoms with van der Waals surface area (Å²) in [6, 6.07) is 15.0. The van der Waals surface area contributed by atoms with Crippen LogP contribution in [0, 0.1) is 5.92 Å². The fourth-order valence-electron chi connectivity index (χ4n) is 2.83. The molecule has 3 aromatic rings. The molecule has 0 fully saturated rings. The fraction of sp³-hybridized carbons (Fsp3) is 0.286. The summed E-state index contributed by atoms with van der Waals surface area (Å²) in [6.45, 7) is 6.52. The van der Waals surface area contributed by atoms with Crippen molar-refractivity contribution in [2.24, 2.45) is 5.92 Å². The van der Waals surface area contributed by atoms with E-state index in [1.807, 2.05) is 63.2 Å². The lowest BCUT2D eigenvalue weighted by atomic mass is 10.1. The first-order valence-corrected chi connectivity index (χ1v) is 9.08. The molecule has 0 aliphatic carbocycles. The van der Waals surface area contributed by atoms with Gasteiger partial charge >= 0.3 is 0 Å². The summed E-state index contributed by atoms with van der Waals surface area (Å²) < 4.78 is 1.65. The van der Waals surface area contributed by atoms with Crippen LogP contribution in [0.4, 0.5) is 0 Å². The van der Waals surface area contributed by atoms with Crippen molar-refractivity contribution in [1.29, 1.82) is 0 Å². The Morgan fingerprint density at radius 3 is 2.41 bits per heavy atom. The molecule has 0 aliphatic heterocycles. The van der Waals surface area contributed by atoms with Crippen molar-refractivity contribution in [2.45, 2.75) is 26.8 Å². The lowest BCUT2D eigenvalue weighted by molar-refractivity contribution is 0.0928. The number of pyridine rings is 1. The summed E-state index contributed by atoms with van der Waals surface area (Å²) in [5.74, 6) is -0.0709. The van der Waals surface area contributed by atoms with Gasteiger partial charge in [-0.05, 0) is 30.5 Å². The number of rotatable bonds is 6. The van der Waals surface area contributed by atoms with Crippen molar-refractivity contribution in [3.63, 3.8) is 0 Å². The van der Waals surface area contributed by atoms with Crippen molar-refractivity contribution >= 4 is 17.3 Å². The van der Waals surface area contributed by atoms with E-state index in [1.165, 1.54) is 0 Å². The van der Waals surface area contributed by atoms with Crippen LogP contribution in [0.2, 0.25) is 0 Å².